The molecule has 2 aromatic carbocycles. The van der Waals surface area contributed by atoms with Crippen LogP contribution in [0, 0.1) is 0 Å². The van der Waals surface area contributed by atoms with Crippen LogP contribution in [-0.4, -0.2) is 43.9 Å². The average molecular weight is 481 g/mol. The van der Waals surface area contributed by atoms with Gasteiger partial charge in [0.25, 0.3) is 0 Å². The van der Waals surface area contributed by atoms with E-state index in [1.54, 1.807) is 68.3 Å². The van der Waals surface area contributed by atoms with Crippen LogP contribution in [0.5, 0.6) is 28.7 Å². The molecule has 0 aliphatic heterocycles. The van der Waals surface area contributed by atoms with Crippen molar-refractivity contribution in [2.24, 2.45) is 0 Å². The molecule has 0 unspecified atom stereocenters. The van der Waals surface area contributed by atoms with Crippen molar-refractivity contribution in [3.8, 4) is 28.7 Å². The van der Waals surface area contributed by atoms with E-state index >= 15 is 0 Å². The van der Waals surface area contributed by atoms with Crippen LogP contribution in [0.1, 0.15) is 5.01 Å². The molecular weight excluding hydrogens is 456 g/mol. The zero-order valence-corrected chi connectivity index (χ0v) is 19.8. The largest absolute Gasteiger partial charge is 0.494 e. The summed E-state index contributed by atoms with van der Waals surface area (Å²) in [5.41, 5.74) is 1.22. The lowest BCUT2D eigenvalue weighted by Crippen LogP contribution is -2.30. The number of anilines is 1. The van der Waals surface area contributed by atoms with E-state index in [0.29, 0.717) is 52.9 Å². The monoisotopic (exact) mass is 480 g/mol. The molecule has 0 radical (unpaired) electrons. The van der Waals surface area contributed by atoms with Gasteiger partial charge in [0.2, 0.25) is 0 Å². The Bertz CT molecular complexity index is 1280. The Labute approximate surface area is 200 Å². The van der Waals surface area contributed by atoms with Crippen molar-refractivity contribution < 1.29 is 23.7 Å². The van der Waals surface area contributed by atoms with Crippen molar-refractivity contribution in [2.75, 3.05) is 33.2 Å². The summed E-state index contributed by atoms with van der Waals surface area (Å²) in [4.78, 5) is 20.9. The number of fused-ring (bicyclic) bond motifs is 1. The predicted octanol–water partition coefficient (Wildman–Crippen LogP) is 4.87. The minimum Gasteiger partial charge on any atom is -0.494 e. The molecular formula is C24H24N4O5S. The second-order valence-electron chi connectivity index (χ2n) is 7.05. The number of carbonyl (C=O) groups excluding carboxylic acids is 1. The van der Waals surface area contributed by atoms with Crippen LogP contribution in [0.15, 0.2) is 54.2 Å². The van der Waals surface area contributed by atoms with Gasteiger partial charge in [0.05, 0.1) is 37.5 Å². The van der Waals surface area contributed by atoms with Gasteiger partial charge in [0.1, 0.15) is 17.2 Å². The minimum atomic E-state index is -0.329. The molecule has 2 amide bonds. The SMILES string of the molecule is COc1cc(Oc2ccnc3cc(OC)c(OC)cc23)ccc1NC(=O)NCCc1nccs1. The van der Waals surface area contributed by atoms with Gasteiger partial charge < -0.3 is 29.6 Å². The summed E-state index contributed by atoms with van der Waals surface area (Å²) in [6.45, 7) is 0.478. The summed E-state index contributed by atoms with van der Waals surface area (Å²) in [5.74, 6) is 2.75. The number of amides is 2. The minimum absolute atomic E-state index is 0.329. The highest BCUT2D eigenvalue weighted by atomic mass is 32.1. The van der Waals surface area contributed by atoms with E-state index in [-0.39, 0.29) is 6.03 Å². The molecule has 176 valence electrons. The highest BCUT2D eigenvalue weighted by molar-refractivity contribution is 7.09. The third kappa shape index (κ3) is 5.29. The van der Waals surface area contributed by atoms with E-state index in [1.165, 1.54) is 7.11 Å². The van der Waals surface area contributed by atoms with Crippen molar-refractivity contribution in [2.45, 2.75) is 6.42 Å². The molecule has 4 rings (SSSR count). The fraction of sp³-hybridized carbons (Fsp3) is 0.208. The van der Waals surface area contributed by atoms with E-state index in [0.717, 1.165) is 10.4 Å². The molecule has 2 heterocycles. The van der Waals surface area contributed by atoms with E-state index in [1.807, 2.05) is 11.4 Å². The molecule has 34 heavy (non-hydrogen) atoms. The number of methoxy groups -OCH3 is 3. The third-order valence-corrected chi connectivity index (χ3v) is 5.80. The van der Waals surface area contributed by atoms with Crippen LogP contribution in [0.2, 0.25) is 0 Å². The van der Waals surface area contributed by atoms with E-state index in [4.69, 9.17) is 18.9 Å². The summed E-state index contributed by atoms with van der Waals surface area (Å²) in [6, 6.07) is 10.2. The first kappa shape index (κ1) is 23.1. The van der Waals surface area contributed by atoms with Gasteiger partial charge in [0.15, 0.2) is 11.5 Å². The van der Waals surface area contributed by atoms with Gasteiger partial charge in [-0.1, -0.05) is 0 Å². The number of carbonyl (C=O) groups is 1. The molecule has 2 aromatic heterocycles. The Morgan fingerprint density at radius 1 is 0.912 bits per heavy atom. The van der Waals surface area contributed by atoms with Gasteiger partial charge in [-0.3, -0.25) is 4.98 Å². The lowest BCUT2D eigenvalue weighted by Gasteiger charge is -2.15. The van der Waals surface area contributed by atoms with Gasteiger partial charge in [-0.15, -0.1) is 11.3 Å². The Morgan fingerprint density at radius 3 is 2.44 bits per heavy atom. The summed E-state index contributed by atoms with van der Waals surface area (Å²) in [5, 5.41) is 9.26. The molecule has 0 saturated heterocycles. The van der Waals surface area contributed by atoms with Crippen LogP contribution in [-0.2, 0) is 6.42 Å². The number of aromatic nitrogens is 2. The standard InChI is InChI=1S/C24H24N4O5S/c1-30-20-12-15(4-5-17(20)28-24(29)27-9-7-23-26-10-11-34-23)33-19-6-8-25-18-14-22(32-3)21(31-2)13-16(18)19/h4-6,8,10-14H,7,9H2,1-3H3,(H2,27,28,29). The fourth-order valence-electron chi connectivity index (χ4n) is 3.33. The molecule has 0 fully saturated rings. The second-order valence-corrected chi connectivity index (χ2v) is 8.03. The van der Waals surface area contributed by atoms with Crippen molar-refractivity contribution in [3.63, 3.8) is 0 Å². The van der Waals surface area contributed by atoms with Crippen molar-refractivity contribution in [1.29, 1.82) is 0 Å². The van der Waals surface area contributed by atoms with Gasteiger partial charge in [-0.05, 0) is 24.3 Å². The predicted molar refractivity (Wildman–Crippen MR) is 131 cm³/mol. The van der Waals surface area contributed by atoms with E-state index in [9.17, 15) is 4.79 Å². The Balaban J connectivity index is 1.48. The number of pyridine rings is 1. The summed E-state index contributed by atoms with van der Waals surface area (Å²) in [6.07, 6.45) is 4.08. The molecule has 9 nitrogen and oxygen atoms in total. The van der Waals surface area contributed by atoms with Crippen LogP contribution in [0.25, 0.3) is 10.9 Å². The van der Waals surface area contributed by atoms with Crippen LogP contribution < -0.4 is 29.6 Å². The Hall–Kier alpha value is -4.05. The normalized spacial score (nSPS) is 10.6. The van der Waals surface area contributed by atoms with E-state index in [2.05, 4.69) is 20.6 Å². The maximum atomic E-state index is 12.3. The zero-order chi connectivity index (χ0) is 23.9. The summed E-state index contributed by atoms with van der Waals surface area (Å²) < 4.78 is 22.4. The van der Waals surface area contributed by atoms with Crippen LogP contribution in [0.3, 0.4) is 0 Å². The quantitative estimate of drug-likeness (QED) is 0.352. The molecule has 0 aliphatic rings. The molecule has 0 saturated carbocycles. The Kier molecular flexibility index (Phi) is 7.28. The zero-order valence-electron chi connectivity index (χ0n) is 19.0. The first-order valence-electron chi connectivity index (χ1n) is 10.4. The number of nitrogens with zero attached hydrogens (tertiary/aromatic N) is 2. The first-order chi connectivity index (χ1) is 16.6. The highest BCUT2D eigenvalue weighted by Crippen LogP contribution is 2.38. The van der Waals surface area contributed by atoms with Crippen LogP contribution in [0.4, 0.5) is 10.5 Å². The lowest BCUT2D eigenvalue weighted by molar-refractivity contribution is 0.252. The van der Waals surface area contributed by atoms with Gasteiger partial charge >= 0.3 is 6.03 Å². The smallest absolute Gasteiger partial charge is 0.319 e. The van der Waals surface area contributed by atoms with Crippen molar-refractivity contribution >= 4 is 34.0 Å². The van der Waals surface area contributed by atoms with Crippen LogP contribution >= 0.6 is 11.3 Å². The molecule has 4 aromatic rings. The molecule has 2 N–H and O–H groups in total. The number of hydrogen-bond donors (Lipinski definition) is 2. The number of rotatable bonds is 9. The van der Waals surface area contributed by atoms with Crippen molar-refractivity contribution in [1.82, 2.24) is 15.3 Å². The average Bonchev–Trinajstić information content (AvgIpc) is 3.37. The Morgan fingerprint density at radius 2 is 1.71 bits per heavy atom. The number of thiazole rings is 1. The van der Waals surface area contributed by atoms with Gasteiger partial charge in [-0.25, -0.2) is 9.78 Å². The molecule has 0 spiro atoms. The number of hydrogen-bond acceptors (Lipinski definition) is 8. The van der Waals surface area contributed by atoms with E-state index < -0.39 is 0 Å². The number of ether oxygens (including phenoxy) is 4. The maximum Gasteiger partial charge on any atom is 0.319 e. The molecule has 0 bridgehead atoms. The van der Waals surface area contributed by atoms with Gasteiger partial charge in [-0.2, -0.15) is 0 Å². The van der Waals surface area contributed by atoms with Gasteiger partial charge in [0, 0.05) is 48.3 Å². The maximum absolute atomic E-state index is 12.3. The topological polar surface area (TPSA) is 104 Å². The lowest BCUT2D eigenvalue weighted by atomic mass is 10.2. The fourth-order valence-corrected chi connectivity index (χ4v) is 3.95. The number of benzene rings is 2. The molecule has 0 aliphatic carbocycles. The first-order valence-corrected chi connectivity index (χ1v) is 11.3. The van der Waals surface area contributed by atoms with Crippen molar-refractivity contribution in [3.05, 3.63) is 59.2 Å². The molecule has 10 heteroatoms. The highest BCUT2D eigenvalue weighted by Gasteiger charge is 2.13. The number of nitrogens with one attached hydrogen (secondary N) is 2. The summed E-state index contributed by atoms with van der Waals surface area (Å²) in [7, 11) is 4.68. The summed E-state index contributed by atoms with van der Waals surface area (Å²) >= 11 is 1.56. The third-order valence-electron chi connectivity index (χ3n) is 4.96. The molecule has 0 atom stereocenters. The second kappa shape index (κ2) is 10.7. The number of urea groups is 1.